The van der Waals surface area contributed by atoms with E-state index >= 15 is 0 Å². The normalized spacial score (nSPS) is 13.7. The van der Waals surface area contributed by atoms with Crippen LogP contribution in [0.1, 0.15) is 22.1 Å². The summed E-state index contributed by atoms with van der Waals surface area (Å²) in [5.41, 5.74) is 1.49. The average Bonchev–Trinajstić information content (AvgIpc) is 3.32. The van der Waals surface area contributed by atoms with Crippen LogP contribution in [0.2, 0.25) is 0 Å². The van der Waals surface area contributed by atoms with Crippen LogP contribution in [0.4, 0.5) is 11.5 Å². The minimum atomic E-state index is -0.352. The van der Waals surface area contributed by atoms with Gasteiger partial charge in [0.1, 0.15) is 17.4 Å². The topological polar surface area (TPSA) is 101 Å². The highest BCUT2D eigenvalue weighted by Gasteiger charge is 2.22. The van der Waals surface area contributed by atoms with Crippen LogP contribution in [0.5, 0.6) is 5.75 Å². The van der Waals surface area contributed by atoms with Gasteiger partial charge in [0.2, 0.25) is 0 Å². The summed E-state index contributed by atoms with van der Waals surface area (Å²) >= 11 is 0. The maximum Gasteiger partial charge on any atom is 0.291 e. The number of ether oxygens (including phenoxy) is 1. The predicted molar refractivity (Wildman–Crippen MR) is 119 cm³/mol. The molecule has 1 saturated heterocycles. The van der Waals surface area contributed by atoms with E-state index < -0.39 is 0 Å². The first kappa shape index (κ1) is 21.4. The standard InChI is InChI=1S/C23H25N5O4/c1-16-13-21(25-17(2)24-16)27-8-10-28(11-9-27)22(29)15-32-19-6-3-5-18(14-19)26-23(30)20-7-4-12-31-20/h3-7,12-14H,8-11,15H2,1-2H3,(H,26,30). The van der Waals surface area contributed by atoms with Gasteiger partial charge < -0.3 is 24.3 Å². The highest BCUT2D eigenvalue weighted by molar-refractivity contribution is 6.02. The molecular weight excluding hydrogens is 410 g/mol. The molecule has 1 N–H and O–H groups in total. The van der Waals surface area contributed by atoms with Gasteiger partial charge in [-0.2, -0.15) is 0 Å². The quantitative estimate of drug-likeness (QED) is 0.635. The number of aromatic nitrogens is 2. The van der Waals surface area contributed by atoms with Crippen molar-refractivity contribution in [3.63, 3.8) is 0 Å². The van der Waals surface area contributed by atoms with Crippen LogP contribution in [0.15, 0.2) is 53.1 Å². The number of nitrogens with zero attached hydrogens (tertiary/aromatic N) is 4. The van der Waals surface area contributed by atoms with Crippen molar-refractivity contribution in [1.29, 1.82) is 0 Å². The lowest BCUT2D eigenvalue weighted by Gasteiger charge is -2.35. The number of nitrogens with one attached hydrogen (secondary N) is 1. The van der Waals surface area contributed by atoms with E-state index in [4.69, 9.17) is 9.15 Å². The molecule has 166 valence electrons. The zero-order chi connectivity index (χ0) is 22.5. The molecule has 0 atom stereocenters. The van der Waals surface area contributed by atoms with Gasteiger partial charge in [-0.3, -0.25) is 9.59 Å². The van der Waals surface area contributed by atoms with Gasteiger partial charge >= 0.3 is 0 Å². The fourth-order valence-corrected chi connectivity index (χ4v) is 3.54. The van der Waals surface area contributed by atoms with E-state index in [0.29, 0.717) is 37.6 Å². The molecule has 1 aliphatic heterocycles. The van der Waals surface area contributed by atoms with Crippen molar-refractivity contribution < 1.29 is 18.7 Å². The molecule has 4 rings (SSSR count). The molecule has 0 saturated carbocycles. The lowest BCUT2D eigenvalue weighted by molar-refractivity contribution is -0.133. The molecule has 0 aliphatic carbocycles. The summed E-state index contributed by atoms with van der Waals surface area (Å²) in [6, 6.07) is 12.1. The Kier molecular flexibility index (Phi) is 6.34. The molecule has 2 aromatic heterocycles. The molecular formula is C23H25N5O4. The van der Waals surface area contributed by atoms with Crippen molar-refractivity contribution in [2.75, 3.05) is 43.0 Å². The second-order valence-electron chi connectivity index (χ2n) is 7.53. The summed E-state index contributed by atoms with van der Waals surface area (Å²) in [7, 11) is 0. The Morgan fingerprint density at radius 1 is 1.06 bits per heavy atom. The van der Waals surface area contributed by atoms with Crippen LogP contribution in [-0.4, -0.2) is 59.5 Å². The Morgan fingerprint density at radius 3 is 2.59 bits per heavy atom. The molecule has 1 fully saturated rings. The van der Waals surface area contributed by atoms with E-state index in [0.717, 1.165) is 17.3 Å². The van der Waals surface area contributed by atoms with Gasteiger partial charge in [-0.25, -0.2) is 9.97 Å². The third-order valence-corrected chi connectivity index (χ3v) is 5.11. The lowest BCUT2D eigenvalue weighted by Crippen LogP contribution is -2.50. The molecule has 9 heteroatoms. The van der Waals surface area contributed by atoms with Crippen molar-refractivity contribution in [3.05, 3.63) is 66.0 Å². The number of amides is 2. The molecule has 3 heterocycles. The minimum Gasteiger partial charge on any atom is -0.484 e. The van der Waals surface area contributed by atoms with E-state index in [-0.39, 0.29) is 24.2 Å². The summed E-state index contributed by atoms with van der Waals surface area (Å²) in [6.07, 6.45) is 1.44. The summed E-state index contributed by atoms with van der Waals surface area (Å²) in [6.45, 7) is 6.37. The Bertz CT molecular complexity index is 1070. The summed E-state index contributed by atoms with van der Waals surface area (Å²) in [4.78, 5) is 37.5. The number of hydrogen-bond donors (Lipinski definition) is 1. The molecule has 32 heavy (non-hydrogen) atoms. The smallest absolute Gasteiger partial charge is 0.291 e. The van der Waals surface area contributed by atoms with Crippen LogP contribution in [0, 0.1) is 13.8 Å². The van der Waals surface area contributed by atoms with Crippen molar-refractivity contribution in [3.8, 4) is 5.75 Å². The Morgan fingerprint density at radius 2 is 1.88 bits per heavy atom. The number of carbonyl (C=O) groups excluding carboxylic acids is 2. The minimum absolute atomic E-state index is 0.0681. The zero-order valence-electron chi connectivity index (χ0n) is 18.1. The first-order valence-corrected chi connectivity index (χ1v) is 10.4. The van der Waals surface area contributed by atoms with Gasteiger partial charge in [0, 0.05) is 49.7 Å². The second-order valence-corrected chi connectivity index (χ2v) is 7.53. The highest BCUT2D eigenvalue weighted by atomic mass is 16.5. The fourth-order valence-electron chi connectivity index (χ4n) is 3.54. The Balaban J connectivity index is 1.27. The first-order valence-electron chi connectivity index (χ1n) is 10.4. The fraction of sp³-hybridized carbons (Fsp3) is 0.304. The van der Waals surface area contributed by atoms with Crippen molar-refractivity contribution >= 4 is 23.3 Å². The van der Waals surface area contributed by atoms with Gasteiger partial charge in [0.15, 0.2) is 12.4 Å². The monoisotopic (exact) mass is 435 g/mol. The zero-order valence-corrected chi connectivity index (χ0v) is 18.1. The van der Waals surface area contributed by atoms with Crippen LogP contribution >= 0.6 is 0 Å². The molecule has 0 radical (unpaired) electrons. The predicted octanol–water partition coefficient (Wildman–Crippen LogP) is 2.67. The van der Waals surface area contributed by atoms with Gasteiger partial charge in [0.05, 0.1) is 6.26 Å². The molecule has 0 bridgehead atoms. The second kappa shape index (κ2) is 9.51. The third kappa shape index (κ3) is 5.23. The molecule has 3 aromatic rings. The summed E-state index contributed by atoms with van der Waals surface area (Å²) in [5, 5.41) is 2.74. The first-order chi connectivity index (χ1) is 15.5. The van der Waals surface area contributed by atoms with E-state index in [1.165, 1.54) is 6.26 Å². The summed E-state index contributed by atoms with van der Waals surface area (Å²) < 4.78 is 10.8. The van der Waals surface area contributed by atoms with Crippen LogP contribution in [0.3, 0.4) is 0 Å². The van der Waals surface area contributed by atoms with Crippen LogP contribution < -0.4 is 15.0 Å². The SMILES string of the molecule is Cc1cc(N2CCN(C(=O)COc3cccc(NC(=O)c4ccco4)c3)CC2)nc(C)n1. The number of benzene rings is 1. The molecule has 2 amide bonds. The van der Waals surface area contributed by atoms with E-state index in [1.54, 1.807) is 41.3 Å². The number of rotatable bonds is 6. The lowest BCUT2D eigenvalue weighted by atomic mass is 10.3. The molecule has 0 spiro atoms. The van der Waals surface area contributed by atoms with Crippen LogP contribution in [-0.2, 0) is 4.79 Å². The number of aryl methyl sites for hydroxylation is 2. The maximum atomic E-state index is 12.6. The van der Waals surface area contributed by atoms with Crippen molar-refractivity contribution in [2.45, 2.75) is 13.8 Å². The third-order valence-electron chi connectivity index (χ3n) is 5.11. The van der Waals surface area contributed by atoms with Gasteiger partial charge in [0.25, 0.3) is 11.8 Å². The number of piperazine rings is 1. The van der Waals surface area contributed by atoms with Crippen molar-refractivity contribution in [1.82, 2.24) is 14.9 Å². The molecule has 0 unspecified atom stereocenters. The Labute approximate surface area is 186 Å². The number of furan rings is 1. The number of carbonyl (C=O) groups is 2. The number of hydrogen-bond acceptors (Lipinski definition) is 7. The van der Waals surface area contributed by atoms with Gasteiger partial charge in [-0.15, -0.1) is 0 Å². The maximum absolute atomic E-state index is 12.6. The van der Waals surface area contributed by atoms with E-state index in [1.807, 2.05) is 19.9 Å². The van der Waals surface area contributed by atoms with E-state index in [2.05, 4.69) is 20.2 Å². The number of anilines is 2. The summed E-state index contributed by atoms with van der Waals surface area (Å²) in [5.74, 6) is 1.93. The van der Waals surface area contributed by atoms with Gasteiger partial charge in [-0.1, -0.05) is 6.07 Å². The van der Waals surface area contributed by atoms with Gasteiger partial charge in [-0.05, 0) is 38.1 Å². The van der Waals surface area contributed by atoms with Crippen molar-refractivity contribution in [2.24, 2.45) is 0 Å². The van der Waals surface area contributed by atoms with Crippen LogP contribution in [0.25, 0.3) is 0 Å². The Hall–Kier alpha value is -3.88. The molecule has 1 aliphatic rings. The molecule has 1 aromatic carbocycles. The van der Waals surface area contributed by atoms with E-state index in [9.17, 15) is 9.59 Å². The molecule has 9 nitrogen and oxygen atoms in total. The largest absolute Gasteiger partial charge is 0.484 e. The highest BCUT2D eigenvalue weighted by Crippen LogP contribution is 2.19. The average molecular weight is 435 g/mol.